The molecule has 0 saturated carbocycles. The van der Waals surface area contributed by atoms with Crippen molar-refractivity contribution >= 4 is 5.91 Å². The number of amides is 1. The number of halogens is 1. The van der Waals surface area contributed by atoms with Crippen LogP contribution in [0.2, 0.25) is 0 Å². The monoisotopic (exact) mass is 405 g/mol. The Labute approximate surface area is 175 Å². The molecule has 0 fully saturated rings. The van der Waals surface area contributed by atoms with E-state index in [1.807, 2.05) is 48.2 Å². The highest BCUT2D eigenvalue weighted by atomic mass is 19.1. The first kappa shape index (κ1) is 20.0. The molecular weight excluding hydrogens is 381 g/mol. The predicted molar refractivity (Wildman–Crippen MR) is 114 cm³/mol. The van der Waals surface area contributed by atoms with Crippen LogP contribution in [0.5, 0.6) is 11.5 Å². The van der Waals surface area contributed by atoms with Gasteiger partial charge in [-0.05, 0) is 66.4 Å². The van der Waals surface area contributed by atoms with Gasteiger partial charge in [0.1, 0.15) is 5.82 Å². The maximum atomic E-state index is 13.6. The first-order valence-electron chi connectivity index (χ1n) is 9.89. The quantitative estimate of drug-likeness (QED) is 0.617. The summed E-state index contributed by atoms with van der Waals surface area (Å²) in [6.45, 7) is 2.55. The summed E-state index contributed by atoms with van der Waals surface area (Å²) in [6.07, 6.45) is 0.699. The number of rotatable bonds is 4. The fourth-order valence-corrected chi connectivity index (χ4v) is 4.03. The zero-order valence-electron chi connectivity index (χ0n) is 17.3. The molecule has 1 unspecified atom stereocenters. The minimum atomic E-state index is -0.344. The Morgan fingerprint density at radius 2 is 1.60 bits per heavy atom. The first-order valence-corrected chi connectivity index (χ1v) is 9.89. The molecule has 0 N–H and O–H groups in total. The van der Waals surface area contributed by atoms with Crippen molar-refractivity contribution < 1.29 is 18.7 Å². The molecule has 1 amide bonds. The van der Waals surface area contributed by atoms with Crippen molar-refractivity contribution in [3.8, 4) is 11.5 Å². The van der Waals surface area contributed by atoms with Crippen LogP contribution in [0.3, 0.4) is 0 Å². The molecular formula is C25H24FNO3. The Kier molecular flexibility index (Phi) is 5.44. The van der Waals surface area contributed by atoms with Gasteiger partial charge in [0.25, 0.3) is 5.91 Å². The van der Waals surface area contributed by atoms with Crippen LogP contribution >= 0.6 is 0 Å². The molecule has 30 heavy (non-hydrogen) atoms. The van der Waals surface area contributed by atoms with E-state index in [1.54, 1.807) is 26.4 Å². The van der Waals surface area contributed by atoms with Crippen molar-refractivity contribution in [2.24, 2.45) is 0 Å². The SMILES string of the molecule is COc1cc2c(cc1OC)C(c1ccc(F)cc1)N(C(=O)c1ccc(C)cc1)CC2. The number of methoxy groups -OCH3 is 2. The first-order chi connectivity index (χ1) is 14.5. The number of hydrogen-bond donors (Lipinski definition) is 0. The van der Waals surface area contributed by atoms with Crippen LogP contribution in [0, 0.1) is 12.7 Å². The van der Waals surface area contributed by atoms with E-state index in [0.717, 1.165) is 22.3 Å². The van der Waals surface area contributed by atoms with Crippen LogP contribution in [0.1, 0.15) is 38.7 Å². The van der Waals surface area contributed by atoms with Crippen LogP contribution in [0.25, 0.3) is 0 Å². The second kappa shape index (κ2) is 8.19. The summed E-state index contributed by atoms with van der Waals surface area (Å²) in [6, 6.07) is 17.5. The van der Waals surface area contributed by atoms with E-state index in [2.05, 4.69) is 0 Å². The lowest BCUT2D eigenvalue weighted by atomic mass is 9.87. The molecule has 5 heteroatoms. The Hall–Kier alpha value is -3.34. The summed E-state index contributed by atoms with van der Waals surface area (Å²) >= 11 is 0. The van der Waals surface area contributed by atoms with Crippen LogP contribution in [-0.4, -0.2) is 31.6 Å². The number of fused-ring (bicyclic) bond motifs is 1. The van der Waals surface area contributed by atoms with E-state index in [4.69, 9.17) is 9.47 Å². The minimum Gasteiger partial charge on any atom is -0.493 e. The third kappa shape index (κ3) is 3.63. The van der Waals surface area contributed by atoms with Gasteiger partial charge in [0, 0.05) is 12.1 Å². The van der Waals surface area contributed by atoms with E-state index >= 15 is 0 Å². The Morgan fingerprint density at radius 3 is 2.23 bits per heavy atom. The van der Waals surface area contributed by atoms with E-state index in [1.165, 1.54) is 12.1 Å². The van der Waals surface area contributed by atoms with Gasteiger partial charge in [0.15, 0.2) is 11.5 Å². The van der Waals surface area contributed by atoms with E-state index in [-0.39, 0.29) is 17.8 Å². The topological polar surface area (TPSA) is 38.8 Å². The average Bonchev–Trinajstić information content (AvgIpc) is 2.78. The zero-order valence-corrected chi connectivity index (χ0v) is 17.3. The van der Waals surface area contributed by atoms with E-state index in [9.17, 15) is 9.18 Å². The Balaban J connectivity index is 1.84. The third-order valence-electron chi connectivity index (χ3n) is 5.62. The number of carbonyl (C=O) groups excluding carboxylic acids is 1. The van der Waals surface area contributed by atoms with Gasteiger partial charge in [-0.25, -0.2) is 4.39 Å². The second-order valence-electron chi connectivity index (χ2n) is 7.47. The molecule has 0 saturated heterocycles. The molecule has 4 rings (SSSR count). The molecule has 1 aliphatic heterocycles. The van der Waals surface area contributed by atoms with Gasteiger partial charge in [-0.3, -0.25) is 4.79 Å². The second-order valence-corrected chi connectivity index (χ2v) is 7.47. The van der Waals surface area contributed by atoms with Crippen LogP contribution < -0.4 is 9.47 Å². The lowest BCUT2D eigenvalue weighted by Crippen LogP contribution is -2.40. The van der Waals surface area contributed by atoms with Gasteiger partial charge in [-0.15, -0.1) is 0 Å². The Bertz CT molecular complexity index is 1060. The van der Waals surface area contributed by atoms with Crippen molar-refractivity contribution in [1.29, 1.82) is 0 Å². The fourth-order valence-electron chi connectivity index (χ4n) is 4.03. The summed E-state index contributed by atoms with van der Waals surface area (Å²) in [5, 5.41) is 0. The summed E-state index contributed by atoms with van der Waals surface area (Å²) in [7, 11) is 3.20. The lowest BCUT2D eigenvalue weighted by Gasteiger charge is -2.38. The molecule has 1 aliphatic rings. The maximum absolute atomic E-state index is 13.6. The molecule has 1 atom stereocenters. The molecule has 0 bridgehead atoms. The number of aryl methyl sites for hydroxylation is 1. The number of hydrogen-bond acceptors (Lipinski definition) is 3. The minimum absolute atomic E-state index is 0.0511. The third-order valence-corrected chi connectivity index (χ3v) is 5.62. The highest BCUT2D eigenvalue weighted by Crippen LogP contribution is 2.41. The lowest BCUT2D eigenvalue weighted by molar-refractivity contribution is 0.0694. The van der Waals surface area contributed by atoms with Crippen LogP contribution in [-0.2, 0) is 6.42 Å². The van der Waals surface area contributed by atoms with Gasteiger partial charge < -0.3 is 14.4 Å². The molecule has 0 radical (unpaired) electrons. The highest BCUT2D eigenvalue weighted by Gasteiger charge is 2.33. The van der Waals surface area contributed by atoms with Gasteiger partial charge in [-0.2, -0.15) is 0 Å². The smallest absolute Gasteiger partial charge is 0.254 e. The highest BCUT2D eigenvalue weighted by molar-refractivity contribution is 5.95. The van der Waals surface area contributed by atoms with Gasteiger partial charge in [0.2, 0.25) is 0 Å². The summed E-state index contributed by atoms with van der Waals surface area (Å²) in [5.74, 6) is 0.906. The van der Waals surface area contributed by atoms with Gasteiger partial charge >= 0.3 is 0 Å². The number of carbonyl (C=O) groups is 1. The van der Waals surface area contributed by atoms with Crippen molar-refractivity contribution in [2.75, 3.05) is 20.8 Å². The van der Waals surface area contributed by atoms with E-state index < -0.39 is 0 Å². The summed E-state index contributed by atoms with van der Waals surface area (Å²) in [5.41, 5.74) is 4.64. The zero-order chi connectivity index (χ0) is 21.3. The van der Waals surface area contributed by atoms with Gasteiger partial charge in [0.05, 0.1) is 20.3 Å². The van der Waals surface area contributed by atoms with Gasteiger partial charge in [-0.1, -0.05) is 29.8 Å². The molecule has 4 nitrogen and oxygen atoms in total. The van der Waals surface area contributed by atoms with Crippen molar-refractivity contribution in [2.45, 2.75) is 19.4 Å². The van der Waals surface area contributed by atoms with Crippen molar-refractivity contribution in [1.82, 2.24) is 4.90 Å². The molecule has 0 aromatic heterocycles. The fraction of sp³-hybridized carbons (Fsp3) is 0.240. The standard InChI is InChI=1S/C25H24FNO3/c1-16-4-6-18(7-5-16)25(28)27-13-12-19-14-22(29-2)23(30-3)15-21(19)24(27)17-8-10-20(26)11-9-17/h4-11,14-15,24H,12-13H2,1-3H3. The average molecular weight is 405 g/mol. The molecule has 3 aromatic rings. The van der Waals surface area contributed by atoms with Crippen LogP contribution in [0.4, 0.5) is 4.39 Å². The largest absolute Gasteiger partial charge is 0.493 e. The number of benzene rings is 3. The van der Waals surface area contributed by atoms with E-state index in [0.29, 0.717) is 30.0 Å². The normalized spacial score (nSPS) is 15.5. The summed E-state index contributed by atoms with van der Waals surface area (Å²) in [4.78, 5) is 15.3. The Morgan fingerprint density at radius 1 is 0.967 bits per heavy atom. The molecule has 0 spiro atoms. The maximum Gasteiger partial charge on any atom is 0.254 e. The van der Waals surface area contributed by atoms with Crippen molar-refractivity contribution in [3.63, 3.8) is 0 Å². The van der Waals surface area contributed by atoms with Crippen molar-refractivity contribution in [3.05, 3.63) is 94.3 Å². The number of nitrogens with zero attached hydrogens (tertiary/aromatic N) is 1. The molecule has 3 aromatic carbocycles. The molecule has 154 valence electrons. The molecule has 1 heterocycles. The number of ether oxygens (including phenoxy) is 2. The predicted octanol–water partition coefficient (Wildman–Crippen LogP) is 4.94. The summed E-state index contributed by atoms with van der Waals surface area (Å²) < 4.78 is 24.6. The molecule has 0 aliphatic carbocycles. The van der Waals surface area contributed by atoms with Crippen LogP contribution in [0.15, 0.2) is 60.7 Å².